The Labute approximate surface area is 230 Å². The molecule has 10 nitrogen and oxygen atoms in total. The van der Waals surface area contributed by atoms with Crippen molar-refractivity contribution in [3.05, 3.63) is 83.9 Å². The normalized spacial score (nSPS) is 11.7. The number of nitrogens with zero attached hydrogens (tertiary/aromatic N) is 2. The van der Waals surface area contributed by atoms with Gasteiger partial charge in [0, 0.05) is 11.1 Å². The summed E-state index contributed by atoms with van der Waals surface area (Å²) in [6, 6.07) is 13.4. The minimum Gasteiger partial charge on any atom is -0.493 e. The van der Waals surface area contributed by atoms with Crippen LogP contribution in [0.3, 0.4) is 0 Å². The number of rotatable bonds is 9. The molecule has 0 aliphatic heterocycles. The lowest BCUT2D eigenvalue weighted by Crippen LogP contribution is -2.16. The molecule has 0 fully saturated rings. The lowest BCUT2D eigenvalue weighted by atomic mass is 10.00. The minimum absolute atomic E-state index is 0.0305. The highest BCUT2D eigenvalue weighted by Gasteiger charge is 2.37. The van der Waals surface area contributed by atoms with E-state index in [1.165, 1.54) is 55.6 Å². The Morgan fingerprint density at radius 3 is 2.24 bits per heavy atom. The summed E-state index contributed by atoms with van der Waals surface area (Å²) in [5.41, 5.74) is 4.96. The average molecular weight is 593 g/mol. The van der Waals surface area contributed by atoms with E-state index >= 15 is 0 Å². The second kappa shape index (κ2) is 11.4. The third-order valence-electron chi connectivity index (χ3n) is 5.56. The van der Waals surface area contributed by atoms with Crippen molar-refractivity contribution in [1.82, 2.24) is 9.97 Å². The summed E-state index contributed by atoms with van der Waals surface area (Å²) in [7, 11) is -2.92. The fourth-order valence-corrected chi connectivity index (χ4v) is 4.23. The molecular weight excluding hydrogens is 572 g/mol. The van der Waals surface area contributed by atoms with Crippen molar-refractivity contribution in [1.29, 1.82) is 0 Å². The number of nitrogens with two attached hydrogens (primary N) is 2. The van der Waals surface area contributed by atoms with Crippen LogP contribution in [0.4, 0.5) is 17.6 Å². The Bertz CT molecular complexity index is 1710. The number of hydrogen-bond acceptors (Lipinski definition) is 8. The van der Waals surface area contributed by atoms with Crippen LogP contribution in [0.15, 0.2) is 71.6 Å². The van der Waals surface area contributed by atoms with Gasteiger partial charge in [0.25, 0.3) is 0 Å². The second-order valence-corrected chi connectivity index (χ2v) is 9.85. The van der Waals surface area contributed by atoms with E-state index in [1.807, 2.05) is 0 Å². The largest absolute Gasteiger partial charge is 0.493 e. The van der Waals surface area contributed by atoms with Gasteiger partial charge in [0.1, 0.15) is 5.82 Å². The van der Waals surface area contributed by atoms with Gasteiger partial charge in [-0.15, -0.1) is 0 Å². The summed E-state index contributed by atoms with van der Waals surface area (Å²) in [6.45, 7) is -0.717. The maximum atomic E-state index is 13.8. The first-order chi connectivity index (χ1) is 19.3. The van der Waals surface area contributed by atoms with Crippen LogP contribution < -0.4 is 25.1 Å². The van der Waals surface area contributed by atoms with Gasteiger partial charge in [-0.3, -0.25) is 4.79 Å². The van der Waals surface area contributed by atoms with Crippen LogP contribution in [0.5, 0.6) is 17.4 Å². The van der Waals surface area contributed by atoms with E-state index in [-0.39, 0.29) is 44.3 Å². The van der Waals surface area contributed by atoms with Crippen LogP contribution in [0.25, 0.3) is 22.4 Å². The predicted molar refractivity (Wildman–Crippen MR) is 137 cm³/mol. The molecule has 0 spiro atoms. The van der Waals surface area contributed by atoms with Crippen molar-refractivity contribution in [3.63, 3.8) is 0 Å². The Morgan fingerprint density at radius 2 is 1.63 bits per heavy atom. The van der Waals surface area contributed by atoms with Gasteiger partial charge in [-0.1, -0.05) is 12.1 Å². The number of carbonyl (C=O) groups is 1. The predicted octanol–water partition coefficient (Wildman–Crippen LogP) is 4.14. The molecule has 0 saturated heterocycles. The second-order valence-electron chi connectivity index (χ2n) is 8.29. The number of aromatic nitrogens is 2. The molecule has 41 heavy (non-hydrogen) atoms. The number of methoxy groups -OCH3 is 1. The van der Waals surface area contributed by atoms with Gasteiger partial charge >= 0.3 is 6.18 Å². The van der Waals surface area contributed by atoms with Gasteiger partial charge in [-0.25, -0.2) is 22.9 Å². The first-order valence-electron chi connectivity index (χ1n) is 11.4. The molecule has 0 saturated carbocycles. The number of halogens is 4. The summed E-state index contributed by atoms with van der Waals surface area (Å²) in [5.74, 6) is -3.47. The quantitative estimate of drug-likeness (QED) is 0.217. The number of ether oxygens (including phenoxy) is 3. The summed E-state index contributed by atoms with van der Waals surface area (Å²) >= 11 is 0. The number of primary amides is 1. The number of alkyl halides is 3. The fraction of sp³-hybridized carbons (Fsp3) is 0.115. The molecule has 1 amide bonds. The molecule has 214 valence electrons. The maximum absolute atomic E-state index is 13.8. The van der Waals surface area contributed by atoms with Crippen molar-refractivity contribution in [2.24, 2.45) is 10.9 Å². The summed E-state index contributed by atoms with van der Waals surface area (Å²) in [4.78, 5) is 18.3. The number of amides is 1. The molecule has 1 heterocycles. The monoisotopic (exact) mass is 592 g/mol. The third-order valence-corrected chi connectivity index (χ3v) is 6.47. The minimum atomic E-state index is -5.03. The lowest BCUT2D eigenvalue weighted by Gasteiger charge is -2.18. The van der Waals surface area contributed by atoms with Crippen molar-refractivity contribution in [3.8, 4) is 39.8 Å². The molecule has 4 N–H and O–H groups in total. The van der Waals surface area contributed by atoms with Crippen LogP contribution in [0, 0.1) is 5.82 Å². The van der Waals surface area contributed by atoms with Crippen LogP contribution in [-0.4, -0.2) is 38.2 Å². The average Bonchev–Trinajstić information content (AvgIpc) is 2.92. The van der Waals surface area contributed by atoms with Gasteiger partial charge in [0.15, 0.2) is 11.5 Å². The highest BCUT2D eigenvalue weighted by Crippen LogP contribution is 2.41. The Hall–Kier alpha value is -4.76. The zero-order valence-corrected chi connectivity index (χ0v) is 21.8. The number of benzene rings is 3. The van der Waals surface area contributed by atoms with E-state index in [4.69, 9.17) is 25.1 Å². The van der Waals surface area contributed by atoms with Crippen molar-refractivity contribution < 1.29 is 45.0 Å². The van der Waals surface area contributed by atoms with Gasteiger partial charge in [0.05, 0.1) is 23.3 Å². The number of carbonyl (C=O) groups excluding carboxylic acids is 1. The summed E-state index contributed by atoms with van der Waals surface area (Å²) in [5, 5.41) is 5.25. The molecule has 0 radical (unpaired) electrons. The topological polar surface area (TPSA) is 157 Å². The molecule has 0 aliphatic rings. The zero-order valence-electron chi connectivity index (χ0n) is 21.0. The molecule has 0 atom stereocenters. The van der Waals surface area contributed by atoms with Gasteiger partial charge in [0.2, 0.25) is 34.4 Å². The van der Waals surface area contributed by atoms with Crippen LogP contribution in [-0.2, 0) is 16.2 Å². The van der Waals surface area contributed by atoms with Gasteiger partial charge in [-0.05, 0) is 60.2 Å². The van der Waals surface area contributed by atoms with Crippen LogP contribution in [0.2, 0.25) is 0 Å². The number of sulfonamides is 1. The Balaban J connectivity index is 1.86. The number of hydrogen-bond donors (Lipinski definition) is 2. The zero-order chi connectivity index (χ0) is 29.9. The molecule has 3 aromatic carbocycles. The summed E-state index contributed by atoms with van der Waals surface area (Å²) in [6.07, 6.45) is -5.03. The first kappa shape index (κ1) is 29.2. The molecule has 1 aromatic heterocycles. The molecule has 4 rings (SSSR count). The lowest BCUT2D eigenvalue weighted by molar-refractivity contribution is -0.145. The van der Waals surface area contributed by atoms with Crippen LogP contribution >= 0.6 is 0 Å². The van der Waals surface area contributed by atoms with Gasteiger partial charge < -0.3 is 19.9 Å². The molecule has 15 heteroatoms. The third kappa shape index (κ3) is 6.70. The van der Waals surface area contributed by atoms with Gasteiger partial charge in [-0.2, -0.15) is 18.2 Å². The van der Waals surface area contributed by atoms with E-state index in [9.17, 15) is 30.8 Å². The highest BCUT2D eigenvalue weighted by molar-refractivity contribution is 7.89. The van der Waals surface area contributed by atoms with Crippen molar-refractivity contribution in [2.75, 3.05) is 13.9 Å². The molecular formula is C26H20F4N4O6S. The number of primary sulfonamides is 1. The SMILES string of the molecule is COc1cc(C(N)=O)ccc1OCOc1nc(C(F)(F)F)nc(-c2ccc(F)cc2)c1-c1cccc(S(N)(=O)=O)c1. The van der Waals surface area contributed by atoms with E-state index in [0.717, 1.165) is 18.2 Å². The van der Waals surface area contributed by atoms with Crippen LogP contribution in [0.1, 0.15) is 16.2 Å². The highest BCUT2D eigenvalue weighted by atomic mass is 32.2. The van der Waals surface area contributed by atoms with E-state index in [0.29, 0.717) is 0 Å². The Kier molecular flexibility index (Phi) is 8.12. The molecule has 0 unspecified atom stereocenters. The maximum Gasteiger partial charge on any atom is 0.451 e. The first-order valence-corrected chi connectivity index (χ1v) is 12.9. The molecule has 0 bridgehead atoms. The fourth-order valence-electron chi connectivity index (χ4n) is 3.67. The smallest absolute Gasteiger partial charge is 0.451 e. The molecule has 4 aromatic rings. The van der Waals surface area contributed by atoms with Crippen molar-refractivity contribution in [2.45, 2.75) is 11.1 Å². The molecule has 0 aliphatic carbocycles. The van der Waals surface area contributed by atoms with E-state index in [2.05, 4.69) is 9.97 Å². The van der Waals surface area contributed by atoms with Crippen molar-refractivity contribution >= 4 is 15.9 Å². The van der Waals surface area contributed by atoms with E-state index in [1.54, 1.807) is 0 Å². The van der Waals surface area contributed by atoms with E-state index < -0.39 is 46.4 Å². The summed E-state index contributed by atoms with van der Waals surface area (Å²) < 4.78 is 95.4. The standard InChI is InChI=1S/C26H20F4N4O6S/c1-38-20-12-16(23(31)35)7-10-19(20)39-13-40-24-21(15-3-2-4-18(11-15)41(32,36)37)22(14-5-8-17(27)9-6-14)33-25(34-24)26(28,29)30/h2-12H,13H2,1H3,(H2,31,35)(H2,32,36,37). The Morgan fingerprint density at radius 1 is 0.927 bits per heavy atom.